The van der Waals surface area contributed by atoms with Crippen LogP contribution in [0.3, 0.4) is 0 Å². The Hall–Kier alpha value is -3.22. The van der Waals surface area contributed by atoms with E-state index < -0.39 is 11.6 Å². The summed E-state index contributed by atoms with van der Waals surface area (Å²) < 4.78 is 34.1. The second-order valence-corrected chi connectivity index (χ2v) is 6.32. The molecule has 146 valence electrons. The van der Waals surface area contributed by atoms with E-state index in [0.29, 0.717) is 17.7 Å². The number of aryl methyl sites for hydroxylation is 1. The SMILES string of the molecule is CCn1nccc1CN(C)C(=O)c1ccccc1COc1ccc(F)cc1F. The summed E-state index contributed by atoms with van der Waals surface area (Å²) in [5, 5.41) is 4.21. The lowest BCUT2D eigenvalue weighted by Crippen LogP contribution is -2.28. The number of ether oxygens (including phenoxy) is 1. The number of carbonyl (C=O) groups is 1. The zero-order chi connectivity index (χ0) is 20.1. The van der Waals surface area contributed by atoms with Gasteiger partial charge in [0.05, 0.1) is 12.2 Å². The third-order valence-electron chi connectivity index (χ3n) is 4.37. The van der Waals surface area contributed by atoms with Crippen LogP contribution in [0, 0.1) is 11.6 Å². The topological polar surface area (TPSA) is 47.4 Å². The summed E-state index contributed by atoms with van der Waals surface area (Å²) in [6.07, 6.45) is 1.70. The van der Waals surface area contributed by atoms with Gasteiger partial charge in [0.1, 0.15) is 12.4 Å². The molecule has 0 aliphatic heterocycles. The van der Waals surface area contributed by atoms with Gasteiger partial charge in [-0.15, -0.1) is 0 Å². The number of hydrogen-bond acceptors (Lipinski definition) is 3. The second kappa shape index (κ2) is 8.65. The number of aromatic nitrogens is 2. The molecule has 28 heavy (non-hydrogen) atoms. The van der Waals surface area contributed by atoms with Gasteiger partial charge in [0, 0.05) is 37.0 Å². The first-order valence-corrected chi connectivity index (χ1v) is 8.91. The van der Waals surface area contributed by atoms with Crippen molar-refractivity contribution in [2.75, 3.05) is 7.05 Å². The minimum absolute atomic E-state index is 0.00873. The molecule has 0 saturated heterocycles. The zero-order valence-electron chi connectivity index (χ0n) is 15.7. The predicted molar refractivity (Wildman–Crippen MR) is 101 cm³/mol. The minimum Gasteiger partial charge on any atom is -0.486 e. The number of rotatable bonds is 7. The highest BCUT2D eigenvalue weighted by Gasteiger charge is 2.18. The molecule has 7 heteroatoms. The van der Waals surface area contributed by atoms with Crippen molar-refractivity contribution in [1.29, 1.82) is 0 Å². The van der Waals surface area contributed by atoms with Crippen LogP contribution < -0.4 is 4.74 Å². The highest BCUT2D eigenvalue weighted by Crippen LogP contribution is 2.21. The Morgan fingerprint density at radius 1 is 1.18 bits per heavy atom. The average molecular weight is 385 g/mol. The normalized spacial score (nSPS) is 10.7. The summed E-state index contributed by atoms with van der Waals surface area (Å²) in [5.74, 6) is -1.70. The Labute approximate surface area is 162 Å². The number of halogens is 2. The van der Waals surface area contributed by atoms with E-state index >= 15 is 0 Å². The fraction of sp³-hybridized carbons (Fsp3) is 0.238. The van der Waals surface area contributed by atoms with E-state index in [1.165, 1.54) is 6.07 Å². The molecular weight excluding hydrogens is 364 g/mol. The fourth-order valence-electron chi connectivity index (χ4n) is 2.90. The van der Waals surface area contributed by atoms with Gasteiger partial charge in [-0.25, -0.2) is 8.78 Å². The fourth-order valence-corrected chi connectivity index (χ4v) is 2.90. The van der Waals surface area contributed by atoms with Crippen LogP contribution in [0.2, 0.25) is 0 Å². The number of nitrogens with zero attached hydrogens (tertiary/aromatic N) is 3. The Kier molecular flexibility index (Phi) is 6.03. The molecule has 0 saturated carbocycles. The van der Waals surface area contributed by atoms with E-state index in [2.05, 4.69) is 5.10 Å². The van der Waals surface area contributed by atoms with Crippen LogP contribution in [-0.4, -0.2) is 27.6 Å². The molecule has 1 aromatic heterocycles. The maximum atomic E-state index is 13.8. The Morgan fingerprint density at radius 2 is 1.96 bits per heavy atom. The van der Waals surface area contributed by atoms with Gasteiger partial charge in [-0.05, 0) is 31.2 Å². The van der Waals surface area contributed by atoms with Crippen molar-refractivity contribution >= 4 is 5.91 Å². The minimum atomic E-state index is -0.784. The third kappa shape index (κ3) is 4.36. The van der Waals surface area contributed by atoms with Crippen molar-refractivity contribution in [2.45, 2.75) is 26.6 Å². The monoisotopic (exact) mass is 385 g/mol. The summed E-state index contributed by atoms with van der Waals surface area (Å²) in [7, 11) is 1.71. The van der Waals surface area contributed by atoms with Gasteiger partial charge in [-0.1, -0.05) is 18.2 Å². The van der Waals surface area contributed by atoms with Crippen LogP contribution in [0.1, 0.15) is 28.5 Å². The molecule has 2 aromatic carbocycles. The molecule has 0 N–H and O–H groups in total. The van der Waals surface area contributed by atoms with Crippen LogP contribution >= 0.6 is 0 Å². The maximum absolute atomic E-state index is 13.8. The van der Waals surface area contributed by atoms with Crippen LogP contribution in [0.5, 0.6) is 5.75 Å². The Balaban J connectivity index is 1.74. The molecule has 0 spiro atoms. The molecule has 3 aromatic rings. The molecule has 0 atom stereocenters. The van der Waals surface area contributed by atoms with Crippen molar-refractivity contribution in [2.24, 2.45) is 0 Å². The predicted octanol–water partition coefficient (Wildman–Crippen LogP) is 4.03. The van der Waals surface area contributed by atoms with Crippen LogP contribution in [0.15, 0.2) is 54.7 Å². The van der Waals surface area contributed by atoms with Gasteiger partial charge in [0.2, 0.25) is 0 Å². The van der Waals surface area contributed by atoms with E-state index in [0.717, 1.165) is 24.4 Å². The van der Waals surface area contributed by atoms with Gasteiger partial charge >= 0.3 is 0 Å². The van der Waals surface area contributed by atoms with Gasteiger partial charge in [-0.3, -0.25) is 9.48 Å². The maximum Gasteiger partial charge on any atom is 0.254 e. The van der Waals surface area contributed by atoms with E-state index in [1.807, 2.05) is 17.7 Å². The molecule has 3 rings (SSSR count). The number of carbonyl (C=O) groups excluding carboxylic acids is 1. The molecule has 0 radical (unpaired) electrons. The van der Waals surface area contributed by atoms with Crippen molar-refractivity contribution in [3.05, 3.63) is 83.2 Å². The molecule has 0 aliphatic rings. The van der Waals surface area contributed by atoms with Crippen LogP contribution in [0.4, 0.5) is 8.78 Å². The zero-order valence-corrected chi connectivity index (χ0v) is 15.7. The quantitative estimate of drug-likeness (QED) is 0.617. The summed E-state index contributed by atoms with van der Waals surface area (Å²) in [5.41, 5.74) is 2.02. The molecular formula is C21H21F2N3O2. The Morgan fingerprint density at radius 3 is 2.71 bits per heavy atom. The molecule has 0 bridgehead atoms. The average Bonchev–Trinajstić information content (AvgIpc) is 3.14. The molecule has 1 heterocycles. The largest absolute Gasteiger partial charge is 0.486 e. The summed E-state index contributed by atoms with van der Waals surface area (Å²) in [6.45, 7) is 3.11. The second-order valence-electron chi connectivity index (χ2n) is 6.32. The van der Waals surface area contributed by atoms with E-state index in [4.69, 9.17) is 4.74 Å². The van der Waals surface area contributed by atoms with Gasteiger partial charge < -0.3 is 9.64 Å². The van der Waals surface area contributed by atoms with Crippen molar-refractivity contribution in [3.63, 3.8) is 0 Å². The first-order chi connectivity index (χ1) is 13.5. The van der Waals surface area contributed by atoms with E-state index in [9.17, 15) is 13.6 Å². The third-order valence-corrected chi connectivity index (χ3v) is 4.37. The summed E-state index contributed by atoms with van der Waals surface area (Å²) in [6, 6.07) is 12.0. The van der Waals surface area contributed by atoms with Crippen LogP contribution in [0.25, 0.3) is 0 Å². The lowest BCUT2D eigenvalue weighted by molar-refractivity contribution is 0.0778. The van der Waals surface area contributed by atoms with E-state index in [1.54, 1.807) is 42.4 Å². The Bertz CT molecular complexity index is 972. The smallest absolute Gasteiger partial charge is 0.254 e. The van der Waals surface area contributed by atoms with Gasteiger partial charge in [0.15, 0.2) is 11.6 Å². The number of hydrogen-bond donors (Lipinski definition) is 0. The highest BCUT2D eigenvalue weighted by atomic mass is 19.1. The molecule has 0 aliphatic carbocycles. The van der Waals surface area contributed by atoms with E-state index in [-0.39, 0.29) is 18.3 Å². The lowest BCUT2D eigenvalue weighted by atomic mass is 10.1. The summed E-state index contributed by atoms with van der Waals surface area (Å²) >= 11 is 0. The molecule has 5 nitrogen and oxygen atoms in total. The summed E-state index contributed by atoms with van der Waals surface area (Å²) in [4.78, 5) is 14.5. The molecule has 0 unspecified atom stereocenters. The first kappa shape index (κ1) is 19.5. The van der Waals surface area contributed by atoms with Gasteiger partial charge in [0.25, 0.3) is 5.91 Å². The van der Waals surface area contributed by atoms with Crippen molar-refractivity contribution in [3.8, 4) is 5.75 Å². The lowest BCUT2D eigenvalue weighted by Gasteiger charge is -2.19. The molecule has 0 fully saturated rings. The number of amides is 1. The number of benzene rings is 2. The van der Waals surface area contributed by atoms with Crippen LogP contribution in [-0.2, 0) is 19.7 Å². The standard InChI is InChI=1S/C21H21F2N3O2/c1-3-26-17(10-11-24-26)13-25(2)21(27)18-7-5-4-6-15(18)14-28-20-9-8-16(22)12-19(20)23/h4-12H,3,13-14H2,1-2H3. The molecule has 1 amide bonds. The van der Waals surface area contributed by atoms with Crippen molar-refractivity contribution in [1.82, 2.24) is 14.7 Å². The van der Waals surface area contributed by atoms with Crippen molar-refractivity contribution < 1.29 is 18.3 Å². The first-order valence-electron chi connectivity index (χ1n) is 8.91. The highest BCUT2D eigenvalue weighted by molar-refractivity contribution is 5.95. The van der Waals surface area contributed by atoms with Gasteiger partial charge in [-0.2, -0.15) is 5.10 Å².